The third-order valence-corrected chi connectivity index (χ3v) is 6.34. The molecule has 112 valence electrons. The van der Waals surface area contributed by atoms with Crippen molar-refractivity contribution < 1.29 is 14.3 Å². The van der Waals surface area contributed by atoms with Crippen LogP contribution in [0.3, 0.4) is 0 Å². The third kappa shape index (κ3) is 3.20. The maximum atomic E-state index is 12.3. The van der Waals surface area contributed by atoms with E-state index in [0.717, 1.165) is 19.8 Å². The van der Waals surface area contributed by atoms with Crippen LogP contribution < -0.4 is 5.32 Å². The molecule has 0 atom stereocenters. The van der Waals surface area contributed by atoms with Crippen LogP contribution in [0.2, 0.25) is 0 Å². The second-order valence-electron chi connectivity index (χ2n) is 4.50. The molecule has 0 fully saturated rings. The number of methoxy groups -OCH3 is 1. The van der Waals surface area contributed by atoms with Gasteiger partial charge in [-0.15, -0.1) is 22.7 Å². The van der Waals surface area contributed by atoms with E-state index >= 15 is 0 Å². The van der Waals surface area contributed by atoms with Gasteiger partial charge >= 0.3 is 5.97 Å². The number of anilines is 1. The summed E-state index contributed by atoms with van der Waals surface area (Å²) in [5, 5.41) is 3.34. The lowest BCUT2D eigenvalue weighted by Gasteiger charge is -2.04. The largest absolute Gasteiger partial charge is 0.465 e. The molecular weight excluding hydrogens is 374 g/mol. The fraction of sp³-hybridized carbons (Fsp3) is 0.286. The average molecular weight is 388 g/mol. The second-order valence-corrected chi connectivity index (χ2v) is 8.10. The van der Waals surface area contributed by atoms with Crippen LogP contribution in [0.5, 0.6) is 0 Å². The molecule has 2 aromatic rings. The lowest BCUT2D eigenvalue weighted by Crippen LogP contribution is -2.13. The average Bonchev–Trinajstić information content (AvgIpc) is 2.91. The van der Waals surface area contributed by atoms with E-state index in [1.807, 2.05) is 26.8 Å². The van der Waals surface area contributed by atoms with Gasteiger partial charge in [-0.1, -0.05) is 0 Å². The number of ether oxygens (including phenoxy) is 1. The first-order valence-electron chi connectivity index (χ1n) is 6.10. The zero-order valence-electron chi connectivity index (χ0n) is 12.0. The molecule has 0 radical (unpaired) electrons. The number of nitrogens with one attached hydrogen (secondary N) is 1. The standard InChI is InChI=1S/C14H14BrNO3S2/c1-6-5-9(21-11(6)15)12(17)16-13-10(14(18)19-4)7(2)8(3)20-13/h5H,1-4H3,(H,16,17). The number of rotatable bonds is 3. The Morgan fingerprint density at radius 2 is 1.90 bits per heavy atom. The molecule has 4 nitrogen and oxygen atoms in total. The monoisotopic (exact) mass is 387 g/mol. The van der Waals surface area contributed by atoms with E-state index in [0.29, 0.717) is 15.4 Å². The minimum atomic E-state index is -0.435. The highest BCUT2D eigenvalue weighted by Crippen LogP contribution is 2.34. The van der Waals surface area contributed by atoms with E-state index in [1.165, 1.54) is 29.8 Å². The van der Waals surface area contributed by atoms with E-state index in [-0.39, 0.29) is 5.91 Å². The Labute approximate surface area is 139 Å². The Hall–Kier alpha value is -1.18. The predicted molar refractivity (Wildman–Crippen MR) is 89.8 cm³/mol. The van der Waals surface area contributed by atoms with Crippen molar-refractivity contribution in [1.82, 2.24) is 0 Å². The van der Waals surface area contributed by atoms with Gasteiger partial charge in [0.05, 0.1) is 21.3 Å². The molecule has 0 bridgehead atoms. The summed E-state index contributed by atoms with van der Waals surface area (Å²) in [5.74, 6) is -0.657. The van der Waals surface area contributed by atoms with Crippen molar-refractivity contribution in [2.75, 3.05) is 12.4 Å². The molecule has 2 rings (SSSR count). The Bertz CT molecular complexity index is 699. The molecule has 21 heavy (non-hydrogen) atoms. The van der Waals surface area contributed by atoms with Gasteiger partial charge in [-0.2, -0.15) is 0 Å². The van der Waals surface area contributed by atoms with Gasteiger partial charge in [0.25, 0.3) is 5.91 Å². The van der Waals surface area contributed by atoms with Crippen LogP contribution in [-0.2, 0) is 4.74 Å². The number of amides is 1. The van der Waals surface area contributed by atoms with Crippen molar-refractivity contribution in [1.29, 1.82) is 0 Å². The van der Waals surface area contributed by atoms with Gasteiger partial charge in [0.1, 0.15) is 5.00 Å². The maximum Gasteiger partial charge on any atom is 0.341 e. The molecule has 1 amide bonds. The number of carbonyl (C=O) groups excluding carboxylic acids is 2. The summed E-state index contributed by atoms with van der Waals surface area (Å²) in [6.07, 6.45) is 0. The smallest absolute Gasteiger partial charge is 0.341 e. The molecule has 0 unspecified atom stereocenters. The van der Waals surface area contributed by atoms with Gasteiger partial charge in [0.2, 0.25) is 0 Å². The van der Waals surface area contributed by atoms with Crippen LogP contribution in [-0.4, -0.2) is 19.0 Å². The first kappa shape index (κ1) is 16.2. The van der Waals surface area contributed by atoms with Gasteiger partial charge in [-0.25, -0.2) is 4.79 Å². The van der Waals surface area contributed by atoms with Gasteiger partial charge in [0.15, 0.2) is 0 Å². The van der Waals surface area contributed by atoms with Crippen molar-refractivity contribution in [3.63, 3.8) is 0 Å². The Balaban J connectivity index is 2.33. The zero-order chi connectivity index (χ0) is 15.7. The van der Waals surface area contributed by atoms with Crippen molar-refractivity contribution >= 4 is 55.5 Å². The minimum absolute atomic E-state index is 0.222. The van der Waals surface area contributed by atoms with Crippen molar-refractivity contribution in [2.45, 2.75) is 20.8 Å². The zero-order valence-corrected chi connectivity index (χ0v) is 15.2. The van der Waals surface area contributed by atoms with E-state index in [2.05, 4.69) is 21.2 Å². The highest BCUT2D eigenvalue weighted by Gasteiger charge is 2.22. The van der Waals surface area contributed by atoms with E-state index < -0.39 is 5.97 Å². The third-order valence-electron chi connectivity index (χ3n) is 3.08. The first-order valence-corrected chi connectivity index (χ1v) is 8.53. The van der Waals surface area contributed by atoms with Crippen LogP contribution in [0.4, 0.5) is 5.00 Å². The van der Waals surface area contributed by atoms with E-state index in [4.69, 9.17) is 4.74 Å². The fourth-order valence-corrected chi connectivity index (χ4v) is 4.27. The molecular formula is C14H14BrNO3S2. The Morgan fingerprint density at radius 1 is 1.24 bits per heavy atom. The SMILES string of the molecule is COC(=O)c1c(NC(=O)c2cc(C)c(Br)s2)sc(C)c1C. The second kappa shape index (κ2) is 6.29. The Kier molecular flexibility index (Phi) is 4.85. The van der Waals surface area contributed by atoms with Crippen molar-refractivity contribution in [3.8, 4) is 0 Å². The highest BCUT2D eigenvalue weighted by atomic mass is 79.9. The number of esters is 1. The number of hydrogen-bond donors (Lipinski definition) is 1. The lowest BCUT2D eigenvalue weighted by molar-refractivity contribution is 0.0601. The summed E-state index contributed by atoms with van der Waals surface area (Å²) in [4.78, 5) is 25.7. The topological polar surface area (TPSA) is 55.4 Å². The molecule has 0 aliphatic carbocycles. The number of halogens is 1. The molecule has 0 aromatic carbocycles. The maximum absolute atomic E-state index is 12.3. The minimum Gasteiger partial charge on any atom is -0.465 e. The highest BCUT2D eigenvalue weighted by molar-refractivity contribution is 9.11. The summed E-state index contributed by atoms with van der Waals surface area (Å²) < 4.78 is 5.72. The van der Waals surface area contributed by atoms with Gasteiger partial charge in [0, 0.05) is 4.88 Å². The molecule has 1 N–H and O–H groups in total. The molecule has 0 aliphatic rings. The predicted octanol–water partition coefficient (Wildman–Crippen LogP) is 4.54. The molecule has 0 spiro atoms. The number of thiophene rings is 2. The molecule has 2 aromatic heterocycles. The summed E-state index contributed by atoms with van der Waals surface area (Å²) in [5.41, 5.74) is 2.28. The number of aryl methyl sites for hydroxylation is 2. The van der Waals surface area contributed by atoms with E-state index in [9.17, 15) is 9.59 Å². The lowest BCUT2D eigenvalue weighted by atomic mass is 10.1. The van der Waals surface area contributed by atoms with Crippen LogP contribution in [0, 0.1) is 20.8 Å². The Morgan fingerprint density at radius 3 is 2.43 bits per heavy atom. The van der Waals surface area contributed by atoms with Gasteiger partial charge in [-0.05, 0) is 53.9 Å². The number of carbonyl (C=O) groups is 2. The molecule has 7 heteroatoms. The van der Waals surface area contributed by atoms with Crippen LogP contribution in [0.15, 0.2) is 9.85 Å². The van der Waals surface area contributed by atoms with Gasteiger partial charge < -0.3 is 10.1 Å². The summed E-state index contributed by atoms with van der Waals surface area (Å²) in [6.45, 7) is 5.68. The summed E-state index contributed by atoms with van der Waals surface area (Å²) in [7, 11) is 1.33. The number of hydrogen-bond acceptors (Lipinski definition) is 5. The van der Waals surface area contributed by atoms with Gasteiger partial charge in [-0.3, -0.25) is 4.79 Å². The fourth-order valence-electron chi connectivity index (χ4n) is 1.80. The molecule has 0 saturated carbocycles. The first-order chi connectivity index (χ1) is 9.85. The summed E-state index contributed by atoms with van der Waals surface area (Å²) in [6, 6.07) is 1.81. The van der Waals surface area contributed by atoms with Crippen LogP contribution in [0.1, 0.15) is 36.0 Å². The van der Waals surface area contributed by atoms with Crippen LogP contribution >= 0.6 is 38.6 Å². The normalized spacial score (nSPS) is 10.5. The quantitative estimate of drug-likeness (QED) is 0.786. The van der Waals surface area contributed by atoms with Crippen molar-refractivity contribution in [2.24, 2.45) is 0 Å². The molecule has 0 aliphatic heterocycles. The molecule has 2 heterocycles. The van der Waals surface area contributed by atoms with Crippen molar-refractivity contribution in [3.05, 3.63) is 36.3 Å². The summed E-state index contributed by atoms with van der Waals surface area (Å²) >= 11 is 6.15. The molecule has 0 saturated heterocycles. The van der Waals surface area contributed by atoms with E-state index in [1.54, 1.807) is 0 Å². The van der Waals surface area contributed by atoms with Crippen LogP contribution in [0.25, 0.3) is 0 Å².